The highest BCUT2D eigenvalue weighted by molar-refractivity contribution is 5.97. The lowest BCUT2D eigenvalue weighted by Gasteiger charge is -2.23. The second-order valence-electron chi connectivity index (χ2n) is 7.02. The molecule has 1 saturated carbocycles. The number of rotatable bonds is 9. The molecule has 0 atom stereocenters. The predicted octanol–water partition coefficient (Wildman–Crippen LogP) is 4.45. The molecule has 2 aromatic carbocycles. The van der Waals surface area contributed by atoms with Crippen LogP contribution in [0.5, 0.6) is 11.5 Å². The summed E-state index contributed by atoms with van der Waals surface area (Å²) < 4.78 is 35.2. The molecular weight excluding hydrogens is 394 g/mol. The standard InChI is InChI=1S/C22H24F2N2O4/c1-3-29-20-11-15(7-10-19(20)30-22(23)24)13-26(18-8-9-18)21(28)16-5-4-6-17(12-16)25-14(2)27/h4-7,10-12,18,22H,3,8-9,13H2,1-2H3,(H,25,27). The third-order valence-electron chi connectivity index (χ3n) is 4.56. The lowest BCUT2D eigenvalue weighted by molar-refractivity contribution is -0.114. The average molecular weight is 418 g/mol. The second-order valence-corrected chi connectivity index (χ2v) is 7.02. The van der Waals surface area contributed by atoms with Gasteiger partial charge in [-0.15, -0.1) is 0 Å². The van der Waals surface area contributed by atoms with Crippen LogP contribution in [0.2, 0.25) is 0 Å². The molecule has 1 N–H and O–H groups in total. The Balaban J connectivity index is 1.81. The van der Waals surface area contributed by atoms with Gasteiger partial charge in [0.25, 0.3) is 5.91 Å². The first-order valence-electron chi connectivity index (χ1n) is 9.76. The molecule has 1 aliphatic carbocycles. The van der Waals surface area contributed by atoms with Gasteiger partial charge in [0, 0.05) is 30.8 Å². The topological polar surface area (TPSA) is 67.9 Å². The zero-order valence-electron chi connectivity index (χ0n) is 16.9. The fraction of sp³-hybridized carbons (Fsp3) is 0.364. The van der Waals surface area contributed by atoms with Gasteiger partial charge in [-0.1, -0.05) is 12.1 Å². The van der Waals surface area contributed by atoms with E-state index in [2.05, 4.69) is 10.1 Å². The molecule has 30 heavy (non-hydrogen) atoms. The molecule has 0 bridgehead atoms. The molecule has 160 valence electrons. The molecule has 3 rings (SSSR count). The van der Waals surface area contributed by atoms with Crippen molar-refractivity contribution in [3.63, 3.8) is 0 Å². The van der Waals surface area contributed by atoms with E-state index in [0.29, 0.717) is 24.4 Å². The predicted molar refractivity (Wildman–Crippen MR) is 108 cm³/mol. The Morgan fingerprint density at radius 2 is 1.93 bits per heavy atom. The van der Waals surface area contributed by atoms with Crippen LogP contribution in [-0.4, -0.2) is 36.0 Å². The Morgan fingerprint density at radius 1 is 1.17 bits per heavy atom. The molecule has 1 fully saturated rings. The van der Waals surface area contributed by atoms with Crippen molar-refractivity contribution in [2.45, 2.75) is 45.9 Å². The number of hydrogen-bond donors (Lipinski definition) is 1. The Bertz CT molecular complexity index is 916. The molecule has 1 aliphatic rings. The highest BCUT2D eigenvalue weighted by Gasteiger charge is 2.33. The summed E-state index contributed by atoms with van der Waals surface area (Å²) in [6.45, 7) is 0.812. The molecule has 0 radical (unpaired) electrons. The molecule has 2 amide bonds. The summed E-state index contributed by atoms with van der Waals surface area (Å²) in [7, 11) is 0. The van der Waals surface area contributed by atoms with Gasteiger partial charge in [0.2, 0.25) is 5.91 Å². The molecule has 0 saturated heterocycles. The van der Waals surface area contributed by atoms with Crippen molar-refractivity contribution in [1.29, 1.82) is 0 Å². The monoisotopic (exact) mass is 418 g/mol. The van der Waals surface area contributed by atoms with Gasteiger partial charge in [0.1, 0.15) is 0 Å². The minimum atomic E-state index is -2.95. The zero-order chi connectivity index (χ0) is 21.7. The summed E-state index contributed by atoms with van der Waals surface area (Å²) in [6.07, 6.45) is 1.81. The molecule has 0 unspecified atom stereocenters. The van der Waals surface area contributed by atoms with Gasteiger partial charge in [0.15, 0.2) is 11.5 Å². The Morgan fingerprint density at radius 3 is 2.57 bits per heavy atom. The first-order valence-corrected chi connectivity index (χ1v) is 9.76. The molecule has 2 aromatic rings. The fourth-order valence-corrected chi connectivity index (χ4v) is 3.16. The number of nitrogens with one attached hydrogen (secondary N) is 1. The molecule has 8 heteroatoms. The smallest absolute Gasteiger partial charge is 0.387 e. The van der Waals surface area contributed by atoms with Crippen molar-refractivity contribution in [2.24, 2.45) is 0 Å². The molecule has 6 nitrogen and oxygen atoms in total. The fourth-order valence-electron chi connectivity index (χ4n) is 3.16. The summed E-state index contributed by atoms with van der Waals surface area (Å²) >= 11 is 0. The number of hydrogen-bond acceptors (Lipinski definition) is 4. The number of benzene rings is 2. The van der Waals surface area contributed by atoms with Crippen LogP contribution in [0.1, 0.15) is 42.6 Å². The van der Waals surface area contributed by atoms with Crippen LogP contribution >= 0.6 is 0 Å². The highest BCUT2D eigenvalue weighted by Crippen LogP contribution is 2.33. The average Bonchev–Trinajstić information content (AvgIpc) is 3.52. The Labute approximate surface area is 173 Å². The van der Waals surface area contributed by atoms with E-state index in [4.69, 9.17) is 4.74 Å². The molecular formula is C22H24F2N2O4. The van der Waals surface area contributed by atoms with Crippen LogP contribution in [0.25, 0.3) is 0 Å². The van der Waals surface area contributed by atoms with Crippen LogP contribution in [0.4, 0.5) is 14.5 Å². The Hall–Kier alpha value is -3.16. The summed E-state index contributed by atoms with van der Waals surface area (Å²) in [5.74, 6) is -0.196. The quantitative estimate of drug-likeness (QED) is 0.653. The van der Waals surface area contributed by atoms with Gasteiger partial charge in [0.05, 0.1) is 6.61 Å². The number of ether oxygens (including phenoxy) is 2. The van der Waals surface area contributed by atoms with Crippen LogP contribution in [-0.2, 0) is 11.3 Å². The zero-order valence-corrected chi connectivity index (χ0v) is 16.9. The number of anilines is 1. The van der Waals surface area contributed by atoms with Gasteiger partial charge in [-0.05, 0) is 55.7 Å². The Kier molecular flexibility index (Phi) is 6.87. The van der Waals surface area contributed by atoms with E-state index in [0.717, 1.165) is 18.4 Å². The third kappa shape index (κ3) is 5.68. The molecule has 0 spiro atoms. The van der Waals surface area contributed by atoms with Crippen molar-refractivity contribution in [3.05, 3.63) is 53.6 Å². The second kappa shape index (κ2) is 9.56. The summed E-state index contributed by atoms with van der Waals surface area (Å²) in [4.78, 5) is 26.2. The minimum absolute atomic E-state index is 0.0390. The number of halogens is 2. The number of alkyl halides is 2. The maximum Gasteiger partial charge on any atom is 0.387 e. The van der Waals surface area contributed by atoms with Gasteiger partial charge >= 0.3 is 6.61 Å². The lowest BCUT2D eigenvalue weighted by Crippen LogP contribution is -2.32. The van der Waals surface area contributed by atoms with E-state index in [1.54, 1.807) is 48.2 Å². The highest BCUT2D eigenvalue weighted by atomic mass is 19.3. The number of amides is 2. The first kappa shape index (κ1) is 21.5. The van der Waals surface area contributed by atoms with Crippen molar-refractivity contribution in [2.75, 3.05) is 11.9 Å². The van der Waals surface area contributed by atoms with Crippen molar-refractivity contribution >= 4 is 17.5 Å². The minimum Gasteiger partial charge on any atom is -0.490 e. The summed E-state index contributed by atoms with van der Waals surface area (Å²) in [5.41, 5.74) is 1.77. The van der Waals surface area contributed by atoms with Crippen LogP contribution in [0.3, 0.4) is 0 Å². The van der Waals surface area contributed by atoms with E-state index in [1.807, 2.05) is 0 Å². The van der Waals surface area contributed by atoms with Gasteiger partial charge in [-0.3, -0.25) is 9.59 Å². The van der Waals surface area contributed by atoms with Crippen molar-refractivity contribution in [1.82, 2.24) is 4.90 Å². The van der Waals surface area contributed by atoms with Crippen LogP contribution in [0, 0.1) is 0 Å². The van der Waals surface area contributed by atoms with E-state index < -0.39 is 6.61 Å². The summed E-state index contributed by atoms with van der Waals surface area (Å²) in [5, 5.41) is 2.68. The lowest BCUT2D eigenvalue weighted by atomic mass is 10.1. The maximum atomic E-state index is 13.1. The van der Waals surface area contributed by atoms with Gasteiger partial charge in [-0.25, -0.2) is 0 Å². The summed E-state index contributed by atoms with van der Waals surface area (Å²) in [6, 6.07) is 11.6. The van der Waals surface area contributed by atoms with E-state index in [-0.39, 0.29) is 29.4 Å². The molecule has 0 aromatic heterocycles. The van der Waals surface area contributed by atoms with Gasteiger partial charge in [-0.2, -0.15) is 8.78 Å². The van der Waals surface area contributed by atoms with E-state index >= 15 is 0 Å². The number of carbonyl (C=O) groups is 2. The SMILES string of the molecule is CCOc1cc(CN(C(=O)c2cccc(NC(C)=O)c2)C2CC2)ccc1OC(F)F. The normalized spacial score (nSPS) is 13.1. The maximum absolute atomic E-state index is 13.1. The number of carbonyl (C=O) groups excluding carboxylic acids is 2. The first-order chi connectivity index (χ1) is 14.4. The third-order valence-corrected chi connectivity index (χ3v) is 4.56. The van der Waals surface area contributed by atoms with Crippen LogP contribution < -0.4 is 14.8 Å². The van der Waals surface area contributed by atoms with Gasteiger partial charge < -0.3 is 19.7 Å². The van der Waals surface area contributed by atoms with Crippen LogP contribution in [0.15, 0.2) is 42.5 Å². The number of nitrogens with zero attached hydrogens (tertiary/aromatic N) is 1. The molecule has 0 aliphatic heterocycles. The molecule has 0 heterocycles. The van der Waals surface area contributed by atoms with Crippen molar-refractivity contribution in [3.8, 4) is 11.5 Å². The largest absolute Gasteiger partial charge is 0.490 e. The van der Waals surface area contributed by atoms with Crippen molar-refractivity contribution < 1.29 is 27.8 Å². The van der Waals surface area contributed by atoms with E-state index in [1.165, 1.54) is 13.0 Å². The van der Waals surface area contributed by atoms with E-state index in [9.17, 15) is 18.4 Å².